The van der Waals surface area contributed by atoms with Crippen molar-refractivity contribution >= 4 is 23.2 Å². The molecule has 0 bridgehead atoms. The highest BCUT2D eigenvalue weighted by molar-refractivity contribution is 7.09. The van der Waals surface area contributed by atoms with Gasteiger partial charge in [-0.05, 0) is 13.8 Å². The van der Waals surface area contributed by atoms with Gasteiger partial charge in [0, 0.05) is 43.1 Å². The zero-order valence-corrected chi connectivity index (χ0v) is 14.2. The molecule has 2 aromatic rings. The number of aromatic nitrogens is 1. The fourth-order valence-corrected chi connectivity index (χ4v) is 2.92. The summed E-state index contributed by atoms with van der Waals surface area (Å²) in [5, 5.41) is 12.0. The Hall–Kier alpha value is -2.15. The minimum absolute atomic E-state index is 0.0223. The number of carboxylic acids is 1. The first kappa shape index (κ1) is 17.2. The van der Waals surface area contributed by atoms with E-state index in [0.29, 0.717) is 25.1 Å². The number of hydrogen-bond donors (Lipinski definition) is 1. The first-order valence-corrected chi connectivity index (χ1v) is 8.37. The van der Waals surface area contributed by atoms with Crippen LogP contribution in [0.1, 0.15) is 52.5 Å². The smallest absolute Gasteiger partial charge is 0.339 e. The number of furan rings is 1. The fourth-order valence-electron chi connectivity index (χ4n) is 2.31. The number of aromatic carboxylic acids is 1. The fraction of sp³-hybridized carbons (Fsp3) is 0.438. The van der Waals surface area contributed by atoms with E-state index < -0.39 is 5.97 Å². The summed E-state index contributed by atoms with van der Waals surface area (Å²) in [5.74, 6) is -0.973. The van der Waals surface area contributed by atoms with Crippen molar-refractivity contribution in [2.45, 2.75) is 39.7 Å². The SMILES string of the molecule is CCc1oc(C(=O)N(CCc2nccs2)C(C)C)cc1C(=O)O. The molecule has 0 atom stereocenters. The van der Waals surface area contributed by atoms with Crippen LogP contribution in [-0.4, -0.2) is 39.5 Å². The van der Waals surface area contributed by atoms with Crippen LogP contribution < -0.4 is 0 Å². The number of amides is 1. The van der Waals surface area contributed by atoms with Crippen LogP contribution in [0.3, 0.4) is 0 Å². The lowest BCUT2D eigenvalue weighted by Gasteiger charge is -2.25. The molecule has 2 aromatic heterocycles. The Balaban J connectivity index is 2.18. The van der Waals surface area contributed by atoms with Gasteiger partial charge in [-0.15, -0.1) is 11.3 Å². The minimum atomic E-state index is -1.08. The van der Waals surface area contributed by atoms with Crippen LogP contribution in [0.15, 0.2) is 22.1 Å². The predicted octanol–water partition coefficient (Wildman–Crippen LogP) is 3.09. The maximum absolute atomic E-state index is 12.7. The van der Waals surface area contributed by atoms with Crippen LogP contribution >= 0.6 is 11.3 Å². The molecule has 2 rings (SSSR count). The lowest BCUT2D eigenvalue weighted by molar-refractivity contribution is 0.0669. The summed E-state index contributed by atoms with van der Waals surface area (Å²) in [6.07, 6.45) is 2.82. The lowest BCUT2D eigenvalue weighted by Crippen LogP contribution is -2.38. The molecule has 2 heterocycles. The summed E-state index contributed by atoms with van der Waals surface area (Å²) in [6, 6.07) is 1.30. The Morgan fingerprint density at radius 3 is 2.65 bits per heavy atom. The Kier molecular flexibility index (Phi) is 5.54. The van der Waals surface area contributed by atoms with Crippen molar-refractivity contribution in [3.8, 4) is 0 Å². The van der Waals surface area contributed by atoms with Gasteiger partial charge in [0.25, 0.3) is 5.91 Å². The van der Waals surface area contributed by atoms with Crippen molar-refractivity contribution in [1.82, 2.24) is 9.88 Å². The Labute approximate surface area is 138 Å². The second kappa shape index (κ2) is 7.41. The van der Waals surface area contributed by atoms with Crippen LogP contribution in [0.2, 0.25) is 0 Å². The highest BCUT2D eigenvalue weighted by atomic mass is 32.1. The maximum atomic E-state index is 12.7. The summed E-state index contributed by atoms with van der Waals surface area (Å²) in [4.78, 5) is 29.8. The third kappa shape index (κ3) is 3.98. The van der Waals surface area contributed by atoms with Crippen molar-refractivity contribution in [1.29, 1.82) is 0 Å². The molecule has 1 amide bonds. The highest BCUT2D eigenvalue weighted by Crippen LogP contribution is 2.19. The molecule has 0 radical (unpaired) electrons. The number of carboxylic acid groups (broad SMARTS) is 1. The van der Waals surface area contributed by atoms with E-state index in [4.69, 9.17) is 4.42 Å². The van der Waals surface area contributed by atoms with E-state index in [2.05, 4.69) is 4.98 Å². The summed E-state index contributed by atoms with van der Waals surface area (Å²) >= 11 is 1.55. The number of carbonyl (C=O) groups is 2. The second-order valence-corrected chi connectivity index (χ2v) is 6.35. The molecule has 6 nitrogen and oxygen atoms in total. The Morgan fingerprint density at radius 2 is 2.17 bits per heavy atom. The van der Waals surface area contributed by atoms with E-state index >= 15 is 0 Å². The first-order chi connectivity index (χ1) is 10.9. The van der Waals surface area contributed by atoms with Crippen LogP contribution in [0.25, 0.3) is 0 Å². The van der Waals surface area contributed by atoms with Gasteiger partial charge in [0.1, 0.15) is 11.3 Å². The number of nitrogens with zero attached hydrogens (tertiary/aromatic N) is 2. The van der Waals surface area contributed by atoms with Gasteiger partial charge in [0.2, 0.25) is 0 Å². The maximum Gasteiger partial charge on any atom is 0.339 e. The topological polar surface area (TPSA) is 83.6 Å². The number of rotatable bonds is 7. The number of hydrogen-bond acceptors (Lipinski definition) is 5. The van der Waals surface area contributed by atoms with Crippen molar-refractivity contribution in [2.75, 3.05) is 6.54 Å². The van der Waals surface area contributed by atoms with Crippen molar-refractivity contribution in [3.05, 3.63) is 39.7 Å². The summed E-state index contributed by atoms with van der Waals surface area (Å²) in [5.41, 5.74) is 0.0551. The second-order valence-electron chi connectivity index (χ2n) is 5.37. The summed E-state index contributed by atoms with van der Waals surface area (Å²) in [6.45, 7) is 6.14. The molecule has 0 aliphatic heterocycles. The molecule has 124 valence electrons. The molecule has 0 saturated carbocycles. The van der Waals surface area contributed by atoms with E-state index in [1.165, 1.54) is 6.07 Å². The number of thiazole rings is 1. The standard InChI is InChI=1S/C16H20N2O4S/c1-4-12-11(16(20)21)9-13(22-12)15(19)18(10(2)3)7-5-14-17-6-8-23-14/h6,8-10H,4-5,7H2,1-3H3,(H,20,21). The first-order valence-electron chi connectivity index (χ1n) is 7.49. The molecule has 0 aliphatic carbocycles. The molecule has 0 fully saturated rings. The van der Waals surface area contributed by atoms with Crippen LogP contribution in [0, 0.1) is 0 Å². The average Bonchev–Trinajstić information content (AvgIpc) is 3.15. The van der Waals surface area contributed by atoms with E-state index in [9.17, 15) is 14.7 Å². The molecular weight excluding hydrogens is 316 g/mol. The Bertz CT molecular complexity index is 676. The van der Waals surface area contributed by atoms with Gasteiger partial charge in [-0.25, -0.2) is 9.78 Å². The third-order valence-corrected chi connectivity index (χ3v) is 4.34. The number of aryl methyl sites for hydroxylation is 1. The molecule has 0 aliphatic rings. The third-order valence-electron chi connectivity index (χ3n) is 3.51. The Morgan fingerprint density at radius 1 is 1.43 bits per heavy atom. The van der Waals surface area contributed by atoms with Gasteiger partial charge in [0.15, 0.2) is 5.76 Å². The van der Waals surface area contributed by atoms with Gasteiger partial charge in [0.05, 0.1) is 5.01 Å². The van der Waals surface area contributed by atoms with Gasteiger partial charge in [-0.1, -0.05) is 6.92 Å². The molecule has 0 aromatic carbocycles. The summed E-state index contributed by atoms with van der Waals surface area (Å²) in [7, 11) is 0. The quantitative estimate of drug-likeness (QED) is 0.840. The largest absolute Gasteiger partial charge is 0.478 e. The highest BCUT2D eigenvalue weighted by Gasteiger charge is 2.25. The van der Waals surface area contributed by atoms with Crippen LogP contribution in [0.5, 0.6) is 0 Å². The molecule has 0 unspecified atom stereocenters. The van der Waals surface area contributed by atoms with Crippen LogP contribution in [-0.2, 0) is 12.8 Å². The average molecular weight is 336 g/mol. The molecule has 7 heteroatoms. The van der Waals surface area contributed by atoms with E-state index in [1.807, 2.05) is 19.2 Å². The molecule has 1 N–H and O–H groups in total. The zero-order chi connectivity index (χ0) is 17.0. The molecular formula is C16H20N2O4S. The van der Waals surface area contributed by atoms with Gasteiger partial charge >= 0.3 is 5.97 Å². The predicted molar refractivity (Wildman–Crippen MR) is 87.0 cm³/mol. The molecule has 0 spiro atoms. The summed E-state index contributed by atoms with van der Waals surface area (Å²) < 4.78 is 5.47. The lowest BCUT2D eigenvalue weighted by atomic mass is 10.2. The normalized spacial score (nSPS) is 11.0. The van der Waals surface area contributed by atoms with Gasteiger partial charge < -0.3 is 14.4 Å². The van der Waals surface area contributed by atoms with E-state index in [-0.39, 0.29) is 23.3 Å². The van der Waals surface area contributed by atoms with Crippen molar-refractivity contribution in [3.63, 3.8) is 0 Å². The van der Waals surface area contributed by atoms with Crippen molar-refractivity contribution in [2.24, 2.45) is 0 Å². The van der Waals surface area contributed by atoms with Crippen molar-refractivity contribution < 1.29 is 19.1 Å². The monoisotopic (exact) mass is 336 g/mol. The van der Waals surface area contributed by atoms with E-state index in [0.717, 1.165) is 5.01 Å². The minimum Gasteiger partial charge on any atom is -0.478 e. The zero-order valence-electron chi connectivity index (χ0n) is 13.4. The molecule has 0 saturated heterocycles. The number of carbonyl (C=O) groups excluding carboxylic acids is 1. The van der Waals surface area contributed by atoms with Crippen LogP contribution in [0.4, 0.5) is 0 Å². The molecule has 23 heavy (non-hydrogen) atoms. The van der Waals surface area contributed by atoms with Gasteiger partial charge in [-0.3, -0.25) is 4.79 Å². The van der Waals surface area contributed by atoms with Gasteiger partial charge in [-0.2, -0.15) is 0 Å². The van der Waals surface area contributed by atoms with E-state index in [1.54, 1.807) is 29.4 Å².